The largest absolute Gasteiger partial charge is 0.353 e. The van der Waals surface area contributed by atoms with E-state index in [9.17, 15) is 0 Å². The topological polar surface area (TPSA) is 71.2 Å². The van der Waals surface area contributed by atoms with Crippen molar-refractivity contribution in [3.05, 3.63) is 60.0 Å². The van der Waals surface area contributed by atoms with E-state index in [2.05, 4.69) is 49.2 Å². The van der Waals surface area contributed by atoms with Gasteiger partial charge in [-0.3, -0.25) is 9.88 Å². The molecule has 1 aliphatic rings. The minimum Gasteiger partial charge on any atom is -0.353 e. The first-order valence-corrected chi connectivity index (χ1v) is 10.00. The highest BCUT2D eigenvalue weighted by Crippen LogP contribution is 2.23. The number of aryl methyl sites for hydroxylation is 1. The Morgan fingerprint density at radius 3 is 2.59 bits per heavy atom. The van der Waals surface area contributed by atoms with Crippen LogP contribution in [0.3, 0.4) is 0 Å². The molecule has 0 spiro atoms. The number of aromatic nitrogens is 4. The van der Waals surface area contributed by atoms with E-state index >= 15 is 0 Å². The third kappa shape index (κ3) is 4.84. The van der Waals surface area contributed by atoms with Crippen LogP contribution in [0, 0.1) is 6.92 Å². The van der Waals surface area contributed by atoms with Crippen molar-refractivity contribution < 1.29 is 4.52 Å². The van der Waals surface area contributed by atoms with Crippen LogP contribution in [-0.2, 0) is 12.3 Å². The van der Waals surface area contributed by atoms with Gasteiger partial charge in [0.1, 0.15) is 10.8 Å². The highest BCUT2D eigenvalue weighted by Gasteiger charge is 2.20. The molecule has 0 N–H and O–H groups in total. The zero-order valence-electron chi connectivity index (χ0n) is 15.3. The van der Waals surface area contributed by atoms with E-state index in [0.29, 0.717) is 18.3 Å². The number of thioether (sulfide) groups is 1. The highest BCUT2D eigenvalue weighted by atomic mass is 32.2. The van der Waals surface area contributed by atoms with Gasteiger partial charge in [0.2, 0.25) is 5.89 Å². The first kappa shape index (κ1) is 17.9. The van der Waals surface area contributed by atoms with Crippen molar-refractivity contribution in [3.8, 4) is 0 Å². The van der Waals surface area contributed by atoms with Gasteiger partial charge in [0.05, 0.1) is 18.9 Å². The van der Waals surface area contributed by atoms with Gasteiger partial charge in [-0.1, -0.05) is 35.5 Å². The van der Waals surface area contributed by atoms with Crippen molar-refractivity contribution in [2.75, 3.05) is 31.1 Å². The molecule has 1 fully saturated rings. The van der Waals surface area contributed by atoms with E-state index < -0.39 is 0 Å². The summed E-state index contributed by atoms with van der Waals surface area (Å²) in [6.45, 7) is 6.23. The molecule has 27 heavy (non-hydrogen) atoms. The predicted molar refractivity (Wildman–Crippen MR) is 105 cm³/mol. The van der Waals surface area contributed by atoms with Crippen LogP contribution in [0.5, 0.6) is 0 Å². The number of anilines is 1. The summed E-state index contributed by atoms with van der Waals surface area (Å²) in [5, 5.41) is 4.81. The Morgan fingerprint density at radius 1 is 1.04 bits per heavy atom. The van der Waals surface area contributed by atoms with E-state index in [-0.39, 0.29) is 0 Å². The van der Waals surface area contributed by atoms with Gasteiger partial charge in [0.15, 0.2) is 5.82 Å². The van der Waals surface area contributed by atoms with Crippen molar-refractivity contribution in [1.82, 2.24) is 25.0 Å². The normalized spacial score (nSPS) is 15.2. The van der Waals surface area contributed by atoms with Crippen molar-refractivity contribution in [2.45, 2.75) is 24.2 Å². The van der Waals surface area contributed by atoms with Crippen LogP contribution in [0.2, 0.25) is 0 Å². The summed E-state index contributed by atoms with van der Waals surface area (Å²) in [6, 6.07) is 10.4. The van der Waals surface area contributed by atoms with Crippen LogP contribution >= 0.6 is 11.8 Å². The lowest BCUT2D eigenvalue weighted by Gasteiger charge is -2.34. The third-order valence-electron chi connectivity index (χ3n) is 4.45. The first-order valence-electron chi connectivity index (χ1n) is 9.01. The van der Waals surface area contributed by atoms with Gasteiger partial charge in [-0.15, -0.1) is 11.8 Å². The lowest BCUT2D eigenvalue weighted by atomic mass is 10.2. The fraction of sp³-hybridized carbons (Fsp3) is 0.368. The van der Waals surface area contributed by atoms with E-state index in [1.165, 1.54) is 5.56 Å². The molecule has 2 aromatic heterocycles. The monoisotopic (exact) mass is 382 g/mol. The van der Waals surface area contributed by atoms with Gasteiger partial charge in [-0.25, -0.2) is 4.98 Å². The molecule has 0 saturated carbocycles. The molecular weight excluding hydrogens is 360 g/mol. The van der Waals surface area contributed by atoms with E-state index in [4.69, 9.17) is 9.51 Å². The second-order valence-corrected chi connectivity index (χ2v) is 7.48. The Morgan fingerprint density at radius 2 is 1.85 bits per heavy atom. The van der Waals surface area contributed by atoms with Gasteiger partial charge < -0.3 is 9.42 Å². The summed E-state index contributed by atoms with van der Waals surface area (Å²) in [6.07, 6.45) is 3.69. The molecule has 0 radical (unpaired) electrons. The SMILES string of the molecule is Cc1noc(CN2CCN(c3cncc(SCc4ccccc4)n3)CC2)n1. The minimum atomic E-state index is 0.681. The van der Waals surface area contributed by atoms with Crippen LogP contribution in [0.15, 0.2) is 52.3 Å². The number of hydrogen-bond donors (Lipinski definition) is 0. The maximum absolute atomic E-state index is 5.22. The molecule has 8 heteroatoms. The second-order valence-electron chi connectivity index (χ2n) is 6.49. The van der Waals surface area contributed by atoms with Crippen LogP contribution in [-0.4, -0.2) is 51.2 Å². The summed E-state index contributed by atoms with van der Waals surface area (Å²) >= 11 is 1.72. The molecule has 1 aromatic carbocycles. The van der Waals surface area contributed by atoms with Crippen LogP contribution in [0.1, 0.15) is 17.3 Å². The summed E-state index contributed by atoms with van der Waals surface area (Å²) in [5.74, 6) is 3.21. The number of nitrogens with zero attached hydrogens (tertiary/aromatic N) is 6. The predicted octanol–water partition coefficient (Wildman–Crippen LogP) is 2.78. The van der Waals surface area contributed by atoms with Crippen molar-refractivity contribution in [2.24, 2.45) is 0 Å². The molecule has 3 aromatic rings. The molecule has 1 saturated heterocycles. The lowest BCUT2D eigenvalue weighted by molar-refractivity contribution is 0.215. The number of hydrogen-bond acceptors (Lipinski definition) is 8. The van der Waals surface area contributed by atoms with Gasteiger partial charge in [0, 0.05) is 31.9 Å². The first-order chi connectivity index (χ1) is 13.3. The highest BCUT2D eigenvalue weighted by molar-refractivity contribution is 7.98. The van der Waals surface area contributed by atoms with Crippen LogP contribution in [0.4, 0.5) is 5.82 Å². The van der Waals surface area contributed by atoms with E-state index in [0.717, 1.165) is 42.8 Å². The van der Waals surface area contributed by atoms with E-state index in [1.54, 1.807) is 11.8 Å². The Balaban J connectivity index is 1.31. The molecule has 0 unspecified atom stereocenters. The minimum absolute atomic E-state index is 0.681. The average molecular weight is 382 g/mol. The van der Waals surface area contributed by atoms with Crippen molar-refractivity contribution >= 4 is 17.6 Å². The molecule has 0 atom stereocenters. The van der Waals surface area contributed by atoms with Gasteiger partial charge in [-0.2, -0.15) is 4.98 Å². The summed E-state index contributed by atoms with van der Waals surface area (Å²) in [4.78, 5) is 18.1. The number of rotatable bonds is 6. The number of piperazine rings is 1. The van der Waals surface area contributed by atoms with Gasteiger partial charge in [-0.05, 0) is 12.5 Å². The molecular formula is C19H22N6OS. The molecule has 0 bridgehead atoms. The standard InChI is InChI=1S/C19H22N6OS/c1-15-21-18(26-23-15)13-24-7-9-25(10-8-24)17-11-20-12-19(22-17)27-14-16-5-3-2-4-6-16/h2-6,11-12H,7-10,13-14H2,1H3. The molecule has 140 valence electrons. The van der Waals surface area contributed by atoms with Crippen LogP contribution < -0.4 is 4.90 Å². The van der Waals surface area contributed by atoms with Crippen molar-refractivity contribution in [3.63, 3.8) is 0 Å². The fourth-order valence-corrected chi connectivity index (χ4v) is 3.82. The summed E-state index contributed by atoms with van der Waals surface area (Å²) in [5.41, 5.74) is 1.29. The second kappa shape index (κ2) is 8.49. The third-order valence-corrected chi connectivity index (χ3v) is 5.42. The zero-order chi connectivity index (χ0) is 18.5. The Hall–Kier alpha value is -2.45. The van der Waals surface area contributed by atoms with Crippen LogP contribution in [0.25, 0.3) is 0 Å². The lowest BCUT2D eigenvalue weighted by Crippen LogP contribution is -2.46. The smallest absolute Gasteiger partial charge is 0.240 e. The Kier molecular flexibility index (Phi) is 5.64. The zero-order valence-corrected chi connectivity index (χ0v) is 16.1. The maximum Gasteiger partial charge on any atom is 0.240 e. The van der Waals surface area contributed by atoms with Gasteiger partial charge >= 0.3 is 0 Å². The van der Waals surface area contributed by atoms with Gasteiger partial charge in [0.25, 0.3) is 0 Å². The quantitative estimate of drug-likeness (QED) is 0.603. The molecule has 1 aliphatic heterocycles. The molecule has 3 heterocycles. The number of benzene rings is 1. The maximum atomic E-state index is 5.22. The average Bonchev–Trinajstić information content (AvgIpc) is 3.13. The molecule has 4 rings (SSSR count). The summed E-state index contributed by atoms with van der Waals surface area (Å²) in [7, 11) is 0. The molecule has 0 aliphatic carbocycles. The fourth-order valence-electron chi connectivity index (χ4n) is 3.02. The molecule has 0 amide bonds. The Bertz CT molecular complexity index is 863. The van der Waals surface area contributed by atoms with Crippen molar-refractivity contribution in [1.29, 1.82) is 0 Å². The van der Waals surface area contributed by atoms with E-state index in [1.807, 2.05) is 25.4 Å². The Labute approximate surface area is 162 Å². The molecule has 7 nitrogen and oxygen atoms in total. The summed E-state index contributed by atoms with van der Waals surface area (Å²) < 4.78 is 5.22.